The molecule has 0 fully saturated rings. The van der Waals surface area contributed by atoms with Crippen molar-refractivity contribution in [3.8, 4) is 22.8 Å². The molecule has 90 valence electrons. The summed E-state index contributed by atoms with van der Waals surface area (Å²) >= 11 is 3.02. The number of methoxy groups -OCH3 is 1. The van der Waals surface area contributed by atoms with E-state index < -0.39 is 5.82 Å². The van der Waals surface area contributed by atoms with Crippen molar-refractivity contribution >= 4 is 21.7 Å². The molecule has 0 aliphatic heterocycles. The molecule has 0 spiro atoms. The number of nitrogens with zero attached hydrogens (tertiary/aromatic N) is 1. The normalized spacial score (nSPS) is 10.5. The molecule has 17 heavy (non-hydrogen) atoms. The molecule has 0 bridgehead atoms. The summed E-state index contributed by atoms with van der Waals surface area (Å²) in [5, 5.41) is 13.4. The van der Waals surface area contributed by atoms with Crippen molar-refractivity contribution in [2.75, 3.05) is 12.8 Å². The Morgan fingerprint density at radius 2 is 2.24 bits per heavy atom. The van der Waals surface area contributed by atoms with Gasteiger partial charge >= 0.3 is 0 Å². The zero-order chi connectivity index (χ0) is 12.6. The number of nitrogen functional groups attached to an aromatic ring is 1. The van der Waals surface area contributed by atoms with Crippen LogP contribution in [0, 0.1) is 5.82 Å². The minimum absolute atomic E-state index is 0.00401. The maximum Gasteiger partial charge on any atom is 0.174 e. The van der Waals surface area contributed by atoms with Gasteiger partial charge in [-0.1, -0.05) is 5.16 Å². The van der Waals surface area contributed by atoms with Crippen molar-refractivity contribution in [3.63, 3.8) is 0 Å². The van der Waals surface area contributed by atoms with Crippen LogP contribution in [-0.2, 0) is 0 Å². The third kappa shape index (κ3) is 1.93. The van der Waals surface area contributed by atoms with Crippen LogP contribution < -0.4 is 10.5 Å². The van der Waals surface area contributed by atoms with Crippen molar-refractivity contribution < 1.29 is 18.8 Å². The predicted molar refractivity (Wildman–Crippen MR) is 62.2 cm³/mol. The molecular weight excluding hydrogens is 295 g/mol. The number of phenols is 1. The van der Waals surface area contributed by atoms with Crippen molar-refractivity contribution in [3.05, 3.63) is 22.4 Å². The monoisotopic (exact) mass is 302 g/mol. The zero-order valence-corrected chi connectivity index (χ0v) is 10.3. The number of benzene rings is 1. The van der Waals surface area contributed by atoms with Gasteiger partial charge in [0.25, 0.3) is 0 Å². The Balaban J connectivity index is 2.71. The Bertz CT molecular complexity index is 571. The number of phenolic OH excluding ortho intramolecular Hbond substituents is 1. The second kappa shape index (κ2) is 4.25. The summed E-state index contributed by atoms with van der Waals surface area (Å²) in [6, 6.07) is 2.43. The van der Waals surface area contributed by atoms with Crippen molar-refractivity contribution in [2.24, 2.45) is 0 Å². The number of nitrogens with two attached hydrogens (primary N) is 1. The van der Waals surface area contributed by atoms with Gasteiger partial charge in [0.15, 0.2) is 23.1 Å². The molecule has 5 nitrogen and oxygen atoms in total. The van der Waals surface area contributed by atoms with Gasteiger partial charge in [0.1, 0.15) is 5.82 Å². The lowest BCUT2D eigenvalue weighted by Crippen LogP contribution is -1.90. The van der Waals surface area contributed by atoms with Gasteiger partial charge in [-0.2, -0.15) is 0 Å². The van der Waals surface area contributed by atoms with Crippen LogP contribution in [0.4, 0.5) is 10.2 Å². The highest BCUT2D eigenvalue weighted by Gasteiger charge is 2.21. The van der Waals surface area contributed by atoms with E-state index in [1.54, 1.807) is 0 Å². The number of hydrogen-bond acceptors (Lipinski definition) is 5. The summed E-state index contributed by atoms with van der Waals surface area (Å²) in [5.74, 6) is -0.573. The molecule has 0 amide bonds. The maximum atomic E-state index is 13.6. The minimum Gasteiger partial charge on any atom is -0.504 e. The molecule has 1 aromatic heterocycles. The average molecular weight is 303 g/mol. The van der Waals surface area contributed by atoms with Crippen LogP contribution in [0.1, 0.15) is 0 Å². The first kappa shape index (κ1) is 11.7. The molecule has 0 aliphatic rings. The minimum atomic E-state index is -0.593. The van der Waals surface area contributed by atoms with E-state index in [2.05, 4.69) is 21.1 Å². The van der Waals surface area contributed by atoms with E-state index in [0.29, 0.717) is 0 Å². The van der Waals surface area contributed by atoms with E-state index >= 15 is 0 Å². The topological polar surface area (TPSA) is 81.5 Å². The largest absolute Gasteiger partial charge is 0.504 e. The third-order valence-corrected chi connectivity index (χ3v) is 2.93. The number of rotatable bonds is 2. The first-order valence-electron chi connectivity index (χ1n) is 4.52. The first-order valence-corrected chi connectivity index (χ1v) is 5.31. The summed E-state index contributed by atoms with van der Waals surface area (Å²) < 4.78 is 23.3. The number of ether oxygens (including phenoxy) is 1. The Hall–Kier alpha value is -1.76. The van der Waals surface area contributed by atoms with Crippen LogP contribution >= 0.6 is 15.9 Å². The molecule has 0 saturated carbocycles. The molecule has 0 atom stereocenters. The lowest BCUT2D eigenvalue weighted by Gasteiger charge is -2.09. The van der Waals surface area contributed by atoms with Gasteiger partial charge in [-0.25, -0.2) is 4.39 Å². The van der Waals surface area contributed by atoms with Gasteiger partial charge in [-0.15, -0.1) is 0 Å². The maximum absolute atomic E-state index is 13.6. The smallest absolute Gasteiger partial charge is 0.174 e. The third-order valence-electron chi connectivity index (χ3n) is 2.15. The molecule has 0 unspecified atom stereocenters. The lowest BCUT2D eigenvalue weighted by atomic mass is 10.1. The summed E-state index contributed by atoms with van der Waals surface area (Å²) in [5.41, 5.74) is 5.50. The van der Waals surface area contributed by atoms with E-state index in [9.17, 15) is 9.50 Å². The first-order chi connectivity index (χ1) is 8.04. The molecule has 0 saturated heterocycles. The van der Waals surface area contributed by atoms with Gasteiger partial charge < -0.3 is 20.1 Å². The van der Waals surface area contributed by atoms with Gasteiger partial charge in [0, 0.05) is 12.1 Å². The summed E-state index contributed by atoms with van der Waals surface area (Å²) in [4.78, 5) is 0. The quantitative estimate of drug-likeness (QED) is 0.891. The Labute approximate surface area is 104 Å². The summed E-state index contributed by atoms with van der Waals surface area (Å²) in [6.07, 6.45) is 0. The van der Waals surface area contributed by atoms with E-state index in [0.717, 1.165) is 6.07 Å². The summed E-state index contributed by atoms with van der Waals surface area (Å²) in [7, 11) is 1.32. The Morgan fingerprint density at radius 3 is 2.76 bits per heavy atom. The fourth-order valence-electron chi connectivity index (χ4n) is 1.38. The second-order valence-corrected chi connectivity index (χ2v) is 4.01. The number of anilines is 1. The van der Waals surface area contributed by atoms with Gasteiger partial charge in [0.2, 0.25) is 0 Å². The predicted octanol–water partition coefficient (Wildman–Crippen LogP) is 2.54. The number of aromatic nitrogens is 1. The van der Waals surface area contributed by atoms with Crippen molar-refractivity contribution in [1.29, 1.82) is 0 Å². The lowest BCUT2D eigenvalue weighted by molar-refractivity contribution is 0.368. The van der Waals surface area contributed by atoms with Crippen LogP contribution in [-0.4, -0.2) is 17.4 Å². The van der Waals surface area contributed by atoms with Crippen LogP contribution in [0.2, 0.25) is 0 Å². The Morgan fingerprint density at radius 1 is 1.53 bits per heavy atom. The van der Waals surface area contributed by atoms with Crippen molar-refractivity contribution in [1.82, 2.24) is 5.16 Å². The highest BCUT2D eigenvalue weighted by atomic mass is 79.9. The van der Waals surface area contributed by atoms with Gasteiger partial charge in [-0.05, 0) is 15.9 Å². The zero-order valence-electron chi connectivity index (χ0n) is 8.70. The average Bonchev–Trinajstić information content (AvgIpc) is 2.70. The standard InChI is InChI=1S/C10H8BrFN2O3/c1-16-6-2-4(12)9(11)8(10(6)15)5-3-7(13)14-17-5/h2-3,15H,1H3,(H2,13,14). The molecule has 0 aliphatic carbocycles. The van der Waals surface area contributed by atoms with E-state index in [4.69, 9.17) is 15.0 Å². The van der Waals surface area contributed by atoms with Crippen LogP contribution in [0.5, 0.6) is 11.5 Å². The molecule has 2 rings (SSSR count). The van der Waals surface area contributed by atoms with Crippen molar-refractivity contribution in [2.45, 2.75) is 0 Å². The van der Waals surface area contributed by atoms with E-state index in [1.807, 2.05) is 0 Å². The van der Waals surface area contributed by atoms with Crippen LogP contribution in [0.15, 0.2) is 21.1 Å². The van der Waals surface area contributed by atoms with Gasteiger partial charge in [-0.3, -0.25) is 0 Å². The summed E-state index contributed by atoms with van der Waals surface area (Å²) in [6.45, 7) is 0. The molecule has 1 aromatic carbocycles. The second-order valence-electron chi connectivity index (χ2n) is 3.21. The van der Waals surface area contributed by atoms with Gasteiger partial charge in [0.05, 0.1) is 17.1 Å². The molecule has 0 radical (unpaired) electrons. The number of aromatic hydroxyl groups is 1. The Kier molecular flexibility index (Phi) is 2.93. The van der Waals surface area contributed by atoms with E-state index in [-0.39, 0.29) is 33.1 Å². The molecular formula is C10H8BrFN2O3. The fourth-order valence-corrected chi connectivity index (χ4v) is 1.88. The highest BCUT2D eigenvalue weighted by Crippen LogP contribution is 2.44. The fraction of sp³-hybridized carbons (Fsp3) is 0.100. The van der Waals surface area contributed by atoms with Crippen LogP contribution in [0.25, 0.3) is 11.3 Å². The SMILES string of the molecule is COc1cc(F)c(Br)c(-c2cc(N)no2)c1O. The highest BCUT2D eigenvalue weighted by molar-refractivity contribution is 9.10. The molecule has 7 heteroatoms. The van der Waals surface area contributed by atoms with Crippen LogP contribution in [0.3, 0.4) is 0 Å². The molecule has 1 heterocycles. The molecule has 3 N–H and O–H groups in total. The van der Waals surface area contributed by atoms with E-state index in [1.165, 1.54) is 13.2 Å². The number of halogens is 2. The molecule has 2 aromatic rings. The number of hydrogen-bond donors (Lipinski definition) is 2.